The first-order valence-electron chi connectivity index (χ1n) is 9.13. The monoisotopic (exact) mass is 402 g/mol. The number of aryl methyl sites for hydroxylation is 1. The quantitative estimate of drug-likeness (QED) is 0.733. The summed E-state index contributed by atoms with van der Waals surface area (Å²) >= 11 is 7.43. The zero-order chi connectivity index (χ0) is 19.1. The van der Waals surface area contributed by atoms with Crippen molar-refractivity contribution in [2.45, 2.75) is 30.9 Å². The van der Waals surface area contributed by atoms with Crippen molar-refractivity contribution in [1.82, 2.24) is 5.32 Å². The average Bonchev–Trinajstić information content (AvgIpc) is 2.82. The molecule has 0 spiro atoms. The van der Waals surface area contributed by atoms with E-state index >= 15 is 0 Å². The van der Waals surface area contributed by atoms with Gasteiger partial charge in [-0.05, 0) is 48.6 Å². The number of fused-ring (bicyclic) bond motifs is 1. The van der Waals surface area contributed by atoms with Gasteiger partial charge in [-0.15, -0.1) is 11.8 Å². The first-order chi connectivity index (χ1) is 13.1. The summed E-state index contributed by atoms with van der Waals surface area (Å²) in [7, 11) is 0. The molecule has 0 saturated carbocycles. The number of para-hydroxylation sites is 1. The molecule has 0 saturated heterocycles. The van der Waals surface area contributed by atoms with Gasteiger partial charge in [0.2, 0.25) is 11.8 Å². The van der Waals surface area contributed by atoms with Crippen molar-refractivity contribution in [3.8, 4) is 0 Å². The van der Waals surface area contributed by atoms with Gasteiger partial charge >= 0.3 is 0 Å². The van der Waals surface area contributed by atoms with Gasteiger partial charge in [0.05, 0.1) is 5.25 Å². The number of thioether (sulfide) groups is 1. The Morgan fingerprint density at radius 1 is 1.19 bits per heavy atom. The minimum Gasteiger partial charge on any atom is -0.356 e. The molecule has 142 valence electrons. The molecule has 0 aliphatic carbocycles. The number of anilines is 1. The van der Waals surface area contributed by atoms with Crippen LogP contribution < -0.4 is 10.6 Å². The van der Waals surface area contributed by atoms with Gasteiger partial charge in [-0.2, -0.15) is 0 Å². The Balaban J connectivity index is 1.36. The van der Waals surface area contributed by atoms with Gasteiger partial charge < -0.3 is 10.6 Å². The van der Waals surface area contributed by atoms with E-state index in [1.54, 1.807) is 11.8 Å². The van der Waals surface area contributed by atoms with Gasteiger partial charge in [-0.25, -0.2) is 0 Å². The normalized spacial score (nSPS) is 16.2. The van der Waals surface area contributed by atoms with Crippen LogP contribution in [0.5, 0.6) is 0 Å². The Morgan fingerprint density at radius 3 is 2.78 bits per heavy atom. The van der Waals surface area contributed by atoms with Crippen LogP contribution in [-0.4, -0.2) is 29.4 Å². The second-order valence-corrected chi connectivity index (χ2v) is 8.27. The van der Waals surface area contributed by atoms with E-state index in [2.05, 4.69) is 16.7 Å². The Kier molecular flexibility index (Phi) is 7.18. The molecule has 0 radical (unpaired) electrons. The molecule has 0 unspecified atom stereocenters. The van der Waals surface area contributed by atoms with Crippen molar-refractivity contribution in [2.24, 2.45) is 0 Å². The van der Waals surface area contributed by atoms with E-state index in [1.807, 2.05) is 42.5 Å². The van der Waals surface area contributed by atoms with Crippen LogP contribution in [0.15, 0.2) is 48.5 Å². The second kappa shape index (κ2) is 9.81. The van der Waals surface area contributed by atoms with E-state index in [1.165, 1.54) is 5.56 Å². The molecule has 2 N–H and O–H groups in total. The summed E-state index contributed by atoms with van der Waals surface area (Å²) < 4.78 is 0. The van der Waals surface area contributed by atoms with Crippen molar-refractivity contribution >= 4 is 40.9 Å². The number of hydrogen-bond donors (Lipinski definition) is 2. The number of benzene rings is 2. The van der Waals surface area contributed by atoms with Crippen LogP contribution in [0.1, 0.15) is 24.0 Å². The molecule has 1 aliphatic heterocycles. The predicted octanol–water partition coefficient (Wildman–Crippen LogP) is 4.08. The highest BCUT2D eigenvalue weighted by molar-refractivity contribution is 8.00. The zero-order valence-electron chi connectivity index (χ0n) is 15.0. The third kappa shape index (κ3) is 6.01. The second-order valence-electron chi connectivity index (χ2n) is 6.52. The van der Waals surface area contributed by atoms with Crippen LogP contribution in [0.3, 0.4) is 0 Å². The summed E-state index contributed by atoms with van der Waals surface area (Å²) in [6.45, 7) is 0.602. The Hall–Kier alpha value is -1.98. The lowest BCUT2D eigenvalue weighted by molar-refractivity contribution is -0.120. The van der Waals surface area contributed by atoms with E-state index in [4.69, 9.17) is 11.6 Å². The first kappa shape index (κ1) is 19.8. The molecule has 0 fully saturated rings. The third-order valence-electron chi connectivity index (χ3n) is 4.54. The number of halogens is 1. The molecule has 6 heteroatoms. The van der Waals surface area contributed by atoms with Crippen LogP contribution >= 0.6 is 23.4 Å². The maximum atomic E-state index is 12.4. The predicted molar refractivity (Wildman–Crippen MR) is 112 cm³/mol. The molecular weight excluding hydrogens is 380 g/mol. The maximum absolute atomic E-state index is 12.4. The Morgan fingerprint density at radius 2 is 1.96 bits per heavy atom. The van der Waals surface area contributed by atoms with Crippen LogP contribution in [0.2, 0.25) is 5.02 Å². The highest BCUT2D eigenvalue weighted by Crippen LogP contribution is 2.27. The first-order valence-corrected chi connectivity index (χ1v) is 10.6. The van der Waals surface area contributed by atoms with Crippen molar-refractivity contribution in [3.05, 3.63) is 64.7 Å². The van der Waals surface area contributed by atoms with E-state index in [0.29, 0.717) is 23.7 Å². The smallest absolute Gasteiger partial charge is 0.237 e. The number of hydrogen-bond acceptors (Lipinski definition) is 3. The third-order valence-corrected chi connectivity index (χ3v) is 6.08. The average molecular weight is 403 g/mol. The van der Waals surface area contributed by atoms with Crippen molar-refractivity contribution in [3.63, 3.8) is 0 Å². The molecule has 2 aromatic rings. The lowest BCUT2D eigenvalue weighted by Gasteiger charge is -2.12. The summed E-state index contributed by atoms with van der Waals surface area (Å²) in [6.07, 6.45) is 2.87. The minimum absolute atomic E-state index is 0.0220. The fourth-order valence-electron chi connectivity index (χ4n) is 3.03. The van der Waals surface area contributed by atoms with Crippen molar-refractivity contribution < 1.29 is 9.59 Å². The number of rotatable bonds is 7. The molecular formula is C21H23ClN2O2S. The Labute approximate surface area is 169 Å². The summed E-state index contributed by atoms with van der Waals surface area (Å²) in [5.41, 5.74) is 3.23. The van der Waals surface area contributed by atoms with Gasteiger partial charge in [0.1, 0.15) is 0 Å². The molecule has 4 nitrogen and oxygen atoms in total. The standard InChI is InChI=1S/C21H23ClN2O2S/c22-17-8-5-15(6-9-17)11-13-23-20(25)12-14-27-19-10-7-16-3-1-2-4-18(16)24-21(19)26/h1-6,8-9,19H,7,10-14H2,(H,23,25)(H,24,26)/t19-/m1/s1. The van der Waals surface area contributed by atoms with Gasteiger partial charge in [-0.3, -0.25) is 9.59 Å². The van der Waals surface area contributed by atoms with Crippen LogP contribution in [0.4, 0.5) is 5.69 Å². The van der Waals surface area contributed by atoms with Crippen molar-refractivity contribution in [2.75, 3.05) is 17.6 Å². The van der Waals surface area contributed by atoms with Crippen LogP contribution in [0.25, 0.3) is 0 Å². The fraction of sp³-hybridized carbons (Fsp3) is 0.333. The lowest BCUT2D eigenvalue weighted by atomic mass is 10.1. The minimum atomic E-state index is -0.112. The molecule has 3 rings (SSSR count). The molecule has 27 heavy (non-hydrogen) atoms. The van der Waals surface area contributed by atoms with Gasteiger partial charge in [0.15, 0.2) is 0 Å². The van der Waals surface area contributed by atoms with Crippen LogP contribution in [-0.2, 0) is 22.4 Å². The highest BCUT2D eigenvalue weighted by atomic mass is 35.5. The molecule has 1 atom stereocenters. The zero-order valence-corrected chi connectivity index (χ0v) is 16.6. The lowest BCUT2D eigenvalue weighted by Crippen LogP contribution is -2.27. The Bertz CT molecular complexity index is 795. The van der Waals surface area contributed by atoms with E-state index in [0.717, 1.165) is 30.5 Å². The van der Waals surface area contributed by atoms with Gasteiger partial charge in [0.25, 0.3) is 0 Å². The summed E-state index contributed by atoms with van der Waals surface area (Å²) in [4.78, 5) is 24.4. The SMILES string of the molecule is O=C(CCS[C@@H]1CCc2ccccc2NC1=O)NCCc1ccc(Cl)cc1. The number of carbonyl (C=O) groups excluding carboxylic acids is 2. The summed E-state index contributed by atoms with van der Waals surface area (Å²) in [5.74, 6) is 0.697. The summed E-state index contributed by atoms with van der Waals surface area (Å²) in [6, 6.07) is 15.6. The number of amides is 2. The number of carbonyl (C=O) groups is 2. The van der Waals surface area contributed by atoms with Crippen molar-refractivity contribution in [1.29, 1.82) is 0 Å². The molecule has 2 amide bonds. The fourth-order valence-corrected chi connectivity index (χ4v) is 4.24. The number of nitrogens with one attached hydrogen (secondary N) is 2. The molecule has 1 heterocycles. The molecule has 0 aromatic heterocycles. The van der Waals surface area contributed by atoms with E-state index < -0.39 is 0 Å². The van der Waals surface area contributed by atoms with Crippen LogP contribution in [0, 0.1) is 0 Å². The highest BCUT2D eigenvalue weighted by Gasteiger charge is 2.23. The van der Waals surface area contributed by atoms with Gasteiger partial charge in [-0.1, -0.05) is 41.9 Å². The van der Waals surface area contributed by atoms with E-state index in [-0.39, 0.29) is 17.1 Å². The molecule has 2 aromatic carbocycles. The molecule has 0 bridgehead atoms. The van der Waals surface area contributed by atoms with E-state index in [9.17, 15) is 9.59 Å². The van der Waals surface area contributed by atoms with Gasteiger partial charge in [0, 0.05) is 29.4 Å². The maximum Gasteiger partial charge on any atom is 0.237 e. The summed E-state index contributed by atoms with van der Waals surface area (Å²) in [5, 5.41) is 6.53. The molecule has 1 aliphatic rings. The topological polar surface area (TPSA) is 58.2 Å². The largest absolute Gasteiger partial charge is 0.356 e.